The number of methoxy groups -OCH3 is 1. The smallest absolute Gasteiger partial charge is 0.191 e. The van der Waals surface area contributed by atoms with Crippen molar-refractivity contribution in [2.24, 2.45) is 10.9 Å². The van der Waals surface area contributed by atoms with Gasteiger partial charge in [-0.1, -0.05) is 19.1 Å². The van der Waals surface area contributed by atoms with Gasteiger partial charge in [0.1, 0.15) is 5.75 Å². The second-order valence-electron chi connectivity index (χ2n) is 7.38. The average Bonchev–Trinajstić information content (AvgIpc) is 3.30. The van der Waals surface area contributed by atoms with Crippen molar-refractivity contribution in [3.05, 3.63) is 41.8 Å². The van der Waals surface area contributed by atoms with Crippen LogP contribution in [0.2, 0.25) is 0 Å². The number of ether oxygens (including phenoxy) is 1. The number of benzene rings is 1. The lowest BCUT2D eigenvalue weighted by atomic mass is 10.1. The second kappa shape index (κ2) is 13.3. The van der Waals surface area contributed by atoms with E-state index in [2.05, 4.69) is 57.1 Å². The fraction of sp³-hybridized carbons (Fsp3) is 0.500. The standard InChI is InChI=1S/C22H32N4OS2.HI/c1-17(16-29-20-8-5-4-7-19(20)27-3)15-24-22(23-2)25-18-10-12-26(13-11-18)21-9-6-14-28-21;/h4-9,14,17-18H,10-13,15-16H2,1-3H3,(H2,23,24,25);1H. The Bertz CT molecular complexity index is 764. The third kappa shape index (κ3) is 7.53. The Morgan fingerprint density at radius 1 is 1.27 bits per heavy atom. The molecular weight excluding hydrogens is 527 g/mol. The van der Waals surface area contributed by atoms with E-state index in [1.54, 1.807) is 7.11 Å². The molecule has 166 valence electrons. The Kier molecular flexibility index (Phi) is 11.2. The highest BCUT2D eigenvalue weighted by Gasteiger charge is 2.20. The maximum absolute atomic E-state index is 5.44. The van der Waals surface area contributed by atoms with Gasteiger partial charge in [0.15, 0.2) is 5.96 Å². The lowest BCUT2D eigenvalue weighted by molar-refractivity contribution is 0.405. The molecule has 0 saturated carbocycles. The van der Waals surface area contributed by atoms with Crippen molar-refractivity contribution in [3.63, 3.8) is 0 Å². The normalized spacial score (nSPS) is 16.0. The van der Waals surface area contributed by atoms with E-state index in [0.717, 1.165) is 49.9 Å². The van der Waals surface area contributed by atoms with Crippen LogP contribution in [0.4, 0.5) is 5.00 Å². The van der Waals surface area contributed by atoms with Crippen LogP contribution in [0.15, 0.2) is 51.7 Å². The summed E-state index contributed by atoms with van der Waals surface area (Å²) in [6.07, 6.45) is 2.27. The molecule has 2 N–H and O–H groups in total. The van der Waals surface area contributed by atoms with E-state index < -0.39 is 0 Å². The van der Waals surface area contributed by atoms with E-state index in [-0.39, 0.29) is 24.0 Å². The van der Waals surface area contributed by atoms with Crippen molar-refractivity contribution in [1.29, 1.82) is 0 Å². The Morgan fingerprint density at radius 3 is 2.70 bits per heavy atom. The van der Waals surface area contributed by atoms with E-state index in [9.17, 15) is 0 Å². The van der Waals surface area contributed by atoms with Crippen LogP contribution in [0.5, 0.6) is 5.75 Å². The molecule has 0 radical (unpaired) electrons. The highest BCUT2D eigenvalue weighted by Crippen LogP contribution is 2.30. The Morgan fingerprint density at radius 2 is 2.03 bits per heavy atom. The summed E-state index contributed by atoms with van der Waals surface area (Å²) in [5.41, 5.74) is 0. The monoisotopic (exact) mass is 560 g/mol. The second-order valence-corrected chi connectivity index (χ2v) is 9.37. The number of rotatable bonds is 8. The molecule has 1 saturated heterocycles. The minimum Gasteiger partial charge on any atom is -0.496 e. The number of guanidine groups is 1. The van der Waals surface area contributed by atoms with Crippen molar-refractivity contribution in [2.75, 3.05) is 44.4 Å². The zero-order valence-corrected chi connectivity index (χ0v) is 21.9. The van der Waals surface area contributed by atoms with E-state index in [1.807, 2.05) is 42.3 Å². The number of anilines is 1. The predicted octanol–water partition coefficient (Wildman–Crippen LogP) is 4.94. The summed E-state index contributed by atoms with van der Waals surface area (Å²) < 4.78 is 5.44. The molecule has 1 aliphatic rings. The van der Waals surface area contributed by atoms with Crippen LogP contribution in [-0.4, -0.2) is 51.5 Å². The van der Waals surface area contributed by atoms with E-state index in [1.165, 1.54) is 9.90 Å². The molecule has 0 amide bonds. The van der Waals surface area contributed by atoms with E-state index in [4.69, 9.17) is 4.74 Å². The van der Waals surface area contributed by atoms with Crippen LogP contribution >= 0.6 is 47.1 Å². The van der Waals surface area contributed by atoms with Gasteiger partial charge in [-0.3, -0.25) is 4.99 Å². The van der Waals surface area contributed by atoms with Crippen LogP contribution in [0.25, 0.3) is 0 Å². The van der Waals surface area contributed by atoms with Crippen molar-refractivity contribution in [1.82, 2.24) is 10.6 Å². The summed E-state index contributed by atoms with van der Waals surface area (Å²) in [6.45, 7) is 5.36. The quantitative estimate of drug-likeness (QED) is 0.208. The molecule has 5 nitrogen and oxygen atoms in total. The maximum Gasteiger partial charge on any atom is 0.191 e. The number of thiophene rings is 1. The van der Waals surface area contributed by atoms with Gasteiger partial charge in [-0.25, -0.2) is 0 Å². The molecule has 1 unspecified atom stereocenters. The Hall–Kier alpha value is -1.13. The first-order valence-corrected chi connectivity index (χ1v) is 12.1. The highest BCUT2D eigenvalue weighted by molar-refractivity contribution is 14.0. The largest absolute Gasteiger partial charge is 0.496 e. The number of hydrogen-bond acceptors (Lipinski definition) is 5. The van der Waals surface area contributed by atoms with Crippen LogP contribution in [-0.2, 0) is 0 Å². The van der Waals surface area contributed by atoms with Gasteiger partial charge in [-0.05, 0) is 48.4 Å². The number of thioether (sulfide) groups is 1. The SMILES string of the molecule is CN=C(NCC(C)CSc1ccccc1OC)NC1CCN(c2cccs2)CC1.I. The fourth-order valence-electron chi connectivity index (χ4n) is 3.38. The molecule has 0 aliphatic carbocycles. The first-order chi connectivity index (χ1) is 14.2. The van der Waals surface area contributed by atoms with Crippen molar-refractivity contribution < 1.29 is 4.74 Å². The highest BCUT2D eigenvalue weighted by atomic mass is 127. The minimum absolute atomic E-state index is 0. The van der Waals surface area contributed by atoms with Crippen molar-refractivity contribution >= 4 is 58.0 Å². The zero-order chi connectivity index (χ0) is 20.5. The van der Waals surface area contributed by atoms with Gasteiger partial charge in [0.05, 0.1) is 12.1 Å². The van der Waals surface area contributed by atoms with Crippen LogP contribution in [0, 0.1) is 5.92 Å². The lowest BCUT2D eigenvalue weighted by Crippen LogP contribution is -2.49. The van der Waals surface area contributed by atoms with Crippen LogP contribution < -0.4 is 20.3 Å². The molecule has 3 rings (SSSR count). The Labute approximate surface area is 206 Å². The van der Waals surface area contributed by atoms with Gasteiger partial charge in [0.2, 0.25) is 0 Å². The summed E-state index contributed by atoms with van der Waals surface area (Å²) >= 11 is 3.67. The molecule has 1 fully saturated rings. The van der Waals surface area contributed by atoms with Gasteiger partial charge in [0.25, 0.3) is 0 Å². The molecule has 2 aromatic rings. The number of aliphatic imine (C=N–C) groups is 1. The zero-order valence-electron chi connectivity index (χ0n) is 18.0. The van der Waals surface area contributed by atoms with Crippen molar-refractivity contribution in [3.8, 4) is 5.75 Å². The van der Waals surface area contributed by atoms with Gasteiger partial charge in [-0.15, -0.1) is 47.1 Å². The molecule has 1 aliphatic heterocycles. The number of halogens is 1. The molecule has 8 heteroatoms. The lowest BCUT2D eigenvalue weighted by Gasteiger charge is -2.33. The van der Waals surface area contributed by atoms with E-state index in [0.29, 0.717) is 12.0 Å². The van der Waals surface area contributed by atoms with Gasteiger partial charge >= 0.3 is 0 Å². The number of nitrogens with one attached hydrogen (secondary N) is 2. The third-order valence-electron chi connectivity index (χ3n) is 5.09. The molecule has 0 bridgehead atoms. The number of para-hydroxylation sites is 1. The minimum atomic E-state index is 0. The van der Waals surface area contributed by atoms with Gasteiger partial charge < -0.3 is 20.3 Å². The molecule has 30 heavy (non-hydrogen) atoms. The number of piperidine rings is 1. The first kappa shape index (κ1) is 25.1. The Balaban J connectivity index is 0.00000320. The molecule has 1 aromatic heterocycles. The number of nitrogens with zero attached hydrogens (tertiary/aromatic N) is 2. The molecule has 2 heterocycles. The van der Waals surface area contributed by atoms with Crippen molar-refractivity contribution in [2.45, 2.75) is 30.7 Å². The molecule has 0 spiro atoms. The summed E-state index contributed by atoms with van der Waals surface area (Å²) in [6, 6.07) is 13.0. The van der Waals surface area contributed by atoms with Crippen LogP contribution in [0.1, 0.15) is 19.8 Å². The van der Waals surface area contributed by atoms with Gasteiger partial charge in [0, 0.05) is 43.4 Å². The third-order valence-corrected chi connectivity index (χ3v) is 7.40. The first-order valence-electron chi connectivity index (χ1n) is 10.2. The summed E-state index contributed by atoms with van der Waals surface area (Å²) in [5, 5.41) is 10.6. The van der Waals surface area contributed by atoms with Gasteiger partial charge in [-0.2, -0.15) is 0 Å². The predicted molar refractivity (Wildman–Crippen MR) is 142 cm³/mol. The summed E-state index contributed by atoms with van der Waals surface area (Å²) in [4.78, 5) is 8.10. The summed E-state index contributed by atoms with van der Waals surface area (Å²) in [7, 11) is 3.58. The van der Waals surface area contributed by atoms with E-state index >= 15 is 0 Å². The topological polar surface area (TPSA) is 48.9 Å². The molecular formula is C22H33IN4OS2. The maximum atomic E-state index is 5.44. The average molecular weight is 561 g/mol. The fourth-order valence-corrected chi connectivity index (χ4v) is 5.22. The van der Waals surface area contributed by atoms with Crippen LogP contribution in [0.3, 0.4) is 0 Å². The molecule has 1 aromatic carbocycles. The summed E-state index contributed by atoms with van der Waals surface area (Å²) in [5.74, 6) is 3.41. The molecule has 1 atom stereocenters. The number of hydrogen-bond donors (Lipinski definition) is 2.